The lowest BCUT2D eigenvalue weighted by molar-refractivity contribution is 0.0599. The van der Waals surface area contributed by atoms with Crippen LogP contribution in [-0.4, -0.2) is 29.9 Å². The lowest BCUT2D eigenvalue weighted by Gasteiger charge is -2.08. The Labute approximate surface area is 145 Å². The minimum atomic E-state index is -0.547. The summed E-state index contributed by atoms with van der Waals surface area (Å²) in [7, 11) is 1.28. The quantitative estimate of drug-likeness (QED) is 0.584. The number of hydrazine groups is 1. The number of hydrogen-bond acceptors (Lipinski definition) is 4. The molecule has 1 aromatic carbocycles. The molecule has 0 bridgehead atoms. The zero-order valence-corrected chi connectivity index (χ0v) is 14.6. The molecule has 1 heterocycles. The summed E-state index contributed by atoms with van der Waals surface area (Å²) in [5, 5.41) is 0. The average molecular weight is 343 g/mol. The van der Waals surface area contributed by atoms with Gasteiger partial charge in [-0.3, -0.25) is 20.4 Å². The third kappa shape index (κ3) is 3.88. The molecular formula is C18H21N3O4. The molecule has 0 saturated heterocycles. The Hall–Kier alpha value is -3.09. The number of ether oxygens (including phenoxy) is 1. The van der Waals surface area contributed by atoms with Crippen molar-refractivity contribution in [2.45, 2.75) is 27.2 Å². The number of H-pyrrole nitrogens is 1. The number of benzene rings is 1. The Bertz CT molecular complexity index is 806. The second-order valence-electron chi connectivity index (χ2n) is 5.58. The molecule has 2 rings (SSSR count). The van der Waals surface area contributed by atoms with Crippen LogP contribution in [0, 0.1) is 13.8 Å². The van der Waals surface area contributed by atoms with Gasteiger partial charge in [-0.2, -0.15) is 0 Å². The van der Waals surface area contributed by atoms with E-state index in [0.717, 1.165) is 12.0 Å². The summed E-state index contributed by atoms with van der Waals surface area (Å²) in [4.78, 5) is 38.9. The van der Waals surface area contributed by atoms with Gasteiger partial charge >= 0.3 is 5.97 Å². The molecule has 0 saturated carbocycles. The van der Waals surface area contributed by atoms with Crippen molar-refractivity contribution in [2.24, 2.45) is 0 Å². The average Bonchev–Trinajstić information content (AvgIpc) is 2.93. The van der Waals surface area contributed by atoms with E-state index in [1.165, 1.54) is 7.11 Å². The molecule has 2 amide bonds. The lowest BCUT2D eigenvalue weighted by Crippen LogP contribution is -2.42. The number of methoxy groups -OCH3 is 1. The van der Waals surface area contributed by atoms with E-state index in [-0.39, 0.29) is 5.69 Å². The van der Waals surface area contributed by atoms with Crippen LogP contribution in [0.2, 0.25) is 0 Å². The van der Waals surface area contributed by atoms with Gasteiger partial charge in [0.2, 0.25) is 0 Å². The van der Waals surface area contributed by atoms with Gasteiger partial charge in [0.1, 0.15) is 5.69 Å². The van der Waals surface area contributed by atoms with Crippen molar-refractivity contribution in [3.8, 4) is 0 Å². The van der Waals surface area contributed by atoms with Crippen molar-refractivity contribution in [1.29, 1.82) is 0 Å². The molecule has 2 aromatic rings. The van der Waals surface area contributed by atoms with E-state index in [1.807, 2.05) is 19.1 Å². The maximum atomic E-state index is 12.3. The van der Waals surface area contributed by atoms with Crippen LogP contribution >= 0.6 is 0 Å². The first-order chi connectivity index (χ1) is 11.9. The van der Waals surface area contributed by atoms with Crippen LogP contribution in [0.4, 0.5) is 0 Å². The molecule has 0 aliphatic heterocycles. The second-order valence-corrected chi connectivity index (χ2v) is 5.58. The summed E-state index contributed by atoms with van der Waals surface area (Å²) in [6.45, 7) is 5.33. The highest BCUT2D eigenvalue weighted by atomic mass is 16.5. The topological polar surface area (TPSA) is 100 Å². The third-order valence-electron chi connectivity index (χ3n) is 3.97. The highest BCUT2D eigenvalue weighted by Crippen LogP contribution is 2.18. The minimum Gasteiger partial charge on any atom is -0.465 e. The maximum absolute atomic E-state index is 12.3. The standard InChI is InChI=1S/C18H21N3O4/c1-5-12-6-8-13(9-7-12)16(22)20-21-17(23)15-10(2)14(11(3)19-15)18(24)25-4/h6-9,19H,5H2,1-4H3,(H,20,22)(H,21,23). The fourth-order valence-electron chi connectivity index (χ4n) is 2.53. The van der Waals surface area contributed by atoms with Crippen molar-refractivity contribution in [1.82, 2.24) is 15.8 Å². The molecule has 0 atom stereocenters. The van der Waals surface area contributed by atoms with Gasteiger partial charge in [0.15, 0.2) is 0 Å². The van der Waals surface area contributed by atoms with Gasteiger partial charge in [-0.15, -0.1) is 0 Å². The van der Waals surface area contributed by atoms with Crippen LogP contribution in [0.15, 0.2) is 24.3 Å². The van der Waals surface area contributed by atoms with Gasteiger partial charge in [-0.05, 0) is 43.5 Å². The molecule has 0 aliphatic rings. The summed E-state index contributed by atoms with van der Waals surface area (Å²) in [5.74, 6) is -1.50. The van der Waals surface area contributed by atoms with Crippen molar-refractivity contribution in [3.63, 3.8) is 0 Å². The zero-order chi connectivity index (χ0) is 18.6. The largest absolute Gasteiger partial charge is 0.465 e. The molecule has 0 radical (unpaired) electrons. The van der Waals surface area contributed by atoms with Gasteiger partial charge in [0.25, 0.3) is 11.8 Å². The number of hydrogen-bond donors (Lipinski definition) is 3. The Morgan fingerprint density at radius 1 is 1.04 bits per heavy atom. The predicted octanol–water partition coefficient (Wildman–Crippen LogP) is 2.06. The molecule has 132 valence electrons. The third-order valence-corrected chi connectivity index (χ3v) is 3.97. The van der Waals surface area contributed by atoms with E-state index in [9.17, 15) is 14.4 Å². The van der Waals surface area contributed by atoms with Crippen LogP contribution in [-0.2, 0) is 11.2 Å². The van der Waals surface area contributed by atoms with Crippen molar-refractivity contribution < 1.29 is 19.1 Å². The number of amides is 2. The minimum absolute atomic E-state index is 0.194. The van der Waals surface area contributed by atoms with Crippen LogP contribution in [0.1, 0.15) is 54.9 Å². The molecule has 7 nitrogen and oxygen atoms in total. The maximum Gasteiger partial charge on any atom is 0.339 e. The van der Waals surface area contributed by atoms with Gasteiger partial charge < -0.3 is 9.72 Å². The fraction of sp³-hybridized carbons (Fsp3) is 0.278. The van der Waals surface area contributed by atoms with Crippen LogP contribution < -0.4 is 10.9 Å². The van der Waals surface area contributed by atoms with E-state index < -0.39 is 17.8 Å². The van der Waals surface area contributed by atoms with E-state index in [1.54, 1.807) is 26.0 Å². The van der Waals surface area contributed by atoms with Gasteiger partial charge in [0.05, 0.1) is 12.7 Å². The number of esters is 1. The molecule has 0 unspecified atom stereocenters. The van der Waals surface area contributed by atoms with Crippen molar-refractivity contribution >= 4 is 17.8 Å². The number of aromatic amines is 1. The monoisotopic (exact) mass is 343 g/mol. The highest BCUT2D eigenvalue weighted by molar-refractivity contribution is 6.02. The van der Waals surface area contributed by atoms with Crippen LogP contribution in [0.5, 0.6) is 0 Å². The van der Waals surface area contributed by atoms with Crippen LogP contribution in [0.25, 0.3) is 0 Å². The molecule has 25 heavy (non-hydrogen) atoms. The van der Waals surface area contributed by atoms with Gasteiger partial charge in [-0.1, -0.05) is 19.1 Å². The molecule has 0 aliphatic carbocycles. The summed E-state index contributed by atoms with van der Waals surface area (Å²) >= 11 is 0. The second kappa shape index (κ2) is 7.65. The Morgan fingerprint density at radius 3 is 2.20 bits per heavy atom. The highest BCUT2D eigenvalue weighted by Gasteiger charge is 2.22. The molecule has 1 aromatic heterocycles. The van der Waals surface area contributed by atoms with Crippen LogP contribution in [0.3, 0.4) is 0 Å². The van der Waals surface area contributed by atoms with E-state index in [4.69, 9.17) is 4.74 Å². The summed E-state index contributed by atoms with van der Waals surface area (Å²) < 4.78 is 4.71. The number of rotatable bonds is 4. The number of nitrogens with one attached hydrogen (secondary N) is 3. The Morgan fingerprint density at radius 2 is 1.64 bits per heavy atom. The van der Waals surface area contributed by atoms with E-state index in [2.05, 4.69) is 15.8 Å². The SMILES string of the molecule is CCc1ccc(C(=O)NNC(=O)c2[nH]c(C)c(C(=O)OC)c2C)cc1. The lowest BCUT2D eigenvalue weighted by atomic mass is 10.1. The normalized spacial score (nSPS) is 10.2. The first kappa shape index (κ1) is 18.3. The number of carbonyl (C=O) groups is 3. The fourth-order valence-corrected chi connectivity index (χ4v) is 2.53. The Balaban J connectivity index is 2.07. The molecule has 0 fully saturated rings. The molecule has 0 spiro atoms. The molecule has 7 heteroatoms. The first-order valence-electron chi connectivity index (χ1n) is 7.86. The summed E-state index contributed by atoms with van der Waals surface area (Å²) in [6.07, 6.45) is 0.882. The Kier molecular flexibility index (Phi) is 5.59. The van der Waals surface area contributed by atoms with Crippen molar-refractivity contribution in [3.05, 3.63) is 57.9 Å². The molecular weight excluding hydrogens is 322 g/mol. The van der Waals surface area contributed by atoms with Gasteiger partial charge in [-0.25, -0.2) is 4.79 Å². The zero-order valence-electron chi connectivity index (χ0n) is 14.6. The first-order valence-corrected chi connectivity index (χ1v) is 7.86. The number of aryl methyl sites for hydroxylation is 2. The number of carbonyl (C=O) groups excluding carboxylic acids is 3. The van der Waals surface area contributed by atoms with Gasteiger partial charge in [0, 0.05) is 11.3 Å². The van der Waals surface area contributed by atoms with Crippen molar-refractivity contribution in [2.75, 3.05) is 7.11 Å². The molecule has 3 N–H and O–H groups in total. The summed E-state index contributed by atoms with van der Waals surface area (Å²) in [6, 6.07) is 7.11. The van der Waals surface area contributed by atoms with E-state index >= 15 is 0 Å². The number of aromatic nitrogens is 1. The summed E-state index contributed by atoms with van der Waals surface area (Å²) in [5.41, 5.74) is 7.75. The van der Waals surface area contributed by atoms with E-state index in [0.29, 0.717) is 22.4 Å². The smallest absolute Gasteiger partial charge is 0.339 e. The predicted molar refractivity (Wildman–Crippen MR) is 92.4 cm³/mol.